The van der Waals surface area contributed by atoms with Crippen LogP contribution in [0.15, 0.2) is 54.1 Å². The largest absolute Gasteiger partial charge is 0.375 e. The average Bonchev–Trinajstić information content (AvgIpc) is 3.42. The fraction of sp³-hybridized carbons (Fsp3) is 0.435. The predicted octanol–water partition coefficient (Wildman–Crippen LogP) is 3.49. The van der Waals surface area contributed by atoms with E-state index in [2.05, 4.69) is 77.8 Å². The highest BCUT2D eigenvalue weighted by molar-refractivity contribution is 5.98. The maximum absolute atomic E-state index is 3.95. The number of nitrogens with one attached hydrogen (secondary N) is 2. The Labute approximate surface area is 157 Å². The molecule has 1 aromatic carbocycles. The molecule has 1 saturated carbocycles. The van der Waals surface area contributed by atoms with E-state index in [1.165, 1.54) is 41.0 Å². The van der Waals surface area contributed by atoms with Gasteiger partial charge in [0.25, 0.3) is 0 Å². The highest BCUT2D eigenvalue weighted by Crippen LogP contribution is 2.46. The SMILES string of the molecule is CCC=C(NC1(C2=CC3C[N+](C)=C3C=C2)CC1)c1ccccc1CNC. The van der Waals surface area contributed by atoms with Gasteiger partial charge in [0.2, 0.25) is 0 Å². The van der Waals surface area contributed by atoms with Crippen molar-refractivity contribution in [3.8, 4) is 0 Å². The highest BCUT2D eigenvalue weighted by Gasteiger charge is 2.48. The number of rotatable bonds is 7. The summed E-state index contributed by atoms with van der Waals surface area (Å²) in [4.78, 5) is 0. The van der Waals surface area contributed by atoms with Gasteiger partial charge in [0, 0.05) is 23.9 Å². The van der Waals surface area contributed by atoms with E-state index in [1.54, 1.807) is 0 Å². The minimum atomic E-state index is 0.129. The number of hydrogen-bond acceptors (Lipinski definition) is 2. The molecular formula is C23H30N3+. The molecule has 4 rings (SSSR count). The van der Waals surface area contributed by atoms with Gasteiger partial charge >= 0.3 is 0 Å². The van der Waals surface area contributed by atoms with Crippen LogP contribution in [0.4, 0.5) is 0 Å². The van der Waals surface area contributed by atoms with Gasteiger partial charge in [0.15, 0.2) is 12.3 Å². The molecule has 2 N–H and O–H groups in total. The zero-order valence-corrected chi connectivity index (χ0v) is 16.2. The second kappa shape index (κ2) is 6.88. The van der Waals surface area contributed by atoms with Gasteiger partial charge in [0.1, 0.15) is 13.0 Å². The molecule has 0 spiro atoms. The van der Waals surface area contributed by atoms with E-state index >= 15 is 0 Å². The van der Waals surface area contributed by atoms with E-state index in [0.717, 1.165) is 19.5 Å². The van der Waals surface area contributed by atoms with E-state index in [1.807, 2.05) is 7.05 Å². The molecule has 2 aliphatic carbocycles. The van der Waals surface area contributed by atoms with Crippen LogP contribution in [-0.2, 0) is 6.54 Å². The van der Waals surface area contributed by atoms with Crippen molar-refractivity contribution >= 4 is 11.4 Å². The van der Waals surface area contributed by atoms with Gasteiger partial charge in [-0.25, -0.2) is 4.58 Å². The van der Waals surface area contributed by atoms with E-state index < -0.39 is 0 Å². The molecule has 0 saturated heterocycles. The molecule has 1 atom stereocenters. The molecule has 26 heavy (non-hydrogen) atoms. The van der Waals surface area contributed by atoms with Crippen LogP contribution in [0.3, 0.4) is 0 Å². The summed E-state index contributed by atoms with van der Waals surface area (Å²) < 4.78 is 2.35. The third-order valence-electron chi connectivity index (χ3n) is 5.87. The number of nitrogens with zero attached hydrogens (tertiary/aromatic N) is 1. The molecule has 3 aliphatic rings. The van der Waals surface area contributed by atoms with Crippen LogP contribution in [0, 0.1) is 5.92 Å². The van der Waals surface area contributed by atoms with Crippen LogP contribution < -0.4 is 10.6 Å². The predicted molar refractivity (Wildman–Crippen MR) is 109 cm³/mol. The minimum Gasteiger partial charge on any atom is -0.375 e. The Morgan fingerprint density at radius 2 is 2.08 bits per heavy atom. The first-order valence-corrected chi connectivity index (χ1v) is 9.86. The normalized spacial score (nSPS) is 23.3. The van der Waals surface area contributed by atoms with Gasteiger partial charge < -0.3 is 10.6 Å². The standard InChI is InChI=1S/C23H30N3/c1-4-7-21(20-9-6-5-8-17(20)15-24-2)25-23(12-13-23)19-10-11-22-18(14-19)16-26(22)3/h5-11,14,18,24-25H,4,12-13,15-16H2,1-3H3/q+1. The fourth-order valence-electron chi connectivity index (χ4n) is 4.25. The van der Waals surface area contributed by atoms with Gasteiger partial charge in [-0.1, -0.05) is 49.4 Å². The second-order valence-electron chi connectivity index (χ2n) is 7.79. The lowest BCUT2D eigenvalue weighted by Gasteiger charge is -2.29. The molecule has 1 unspecified atom stereocenters. The zero-order valence-electron chi connectivity index (χ0n) is 16.2. The number of hydrogen-bond donors (Lipinski definition) is 2. The van der Waals surface area contributed by atoms with Gasteiger partial charge in [-0.2, -0.15) is 0 Å². The van der Waals surface area contributed by atoms with E-state index in [4.69, 9.17) is 0 Å². The van der Waals surface area contributed by atoms with Gasteiger partial charge in [-0.05, 0) is 37.4 Å². The summed E-state index contributed by atoms with van der Waals surface area (Å²) in [6, 6.07) is 8.74. The molecule has 1 fully saturated rings. The molecule has 0 radical (unpaired) electrons. The Bertz CT molecular complexity index is 822. The first-order valence-electron chi connectivity index (χ1n) is 9.86. The Balaban J connectivity index is 1.61. The third kappa shape index (κ3) is 3.05. The fourth-order valence-corrected chi connectivity index (χ4v) is 4.25. The first-order chi connectivity index (χ1) is 12.7. The Morgan fingerprint density at radius 1 is 1.27 bits per heavy atom. The van der Waals surface area contributed by atoms with Crippen molar-refractivity contribution in [3.05, 3.63) is 65.3 Å². The van der Waals surface area contributed by atoms with Crippen LogP contribution >= 0.6 is 0 Å². The van der Waals surface area contributed by atoms with Crippen LogP contribution in [0.2, 0.25) is 0 Å². The van der Waals surface area contributed by atoms with Crippen molar-refractivity contribution in [2.24, 2.45) is 5.92 Å². The van der Waals surface area contributed by atoms with Crippen LogP contribution in [0.25, 0.3) is 5.70 Å². The topological polar surface area (TPSA) is 27.1 Å². The highest BCUT2D eigenvalue weighted by atomic mass is 15.1. The third-order valence-corrected chi connectivity index (χ3v) is 5.87. The van der Waals surface area contributed by atoms with Crippen LogP contribution in [-0.4, -0.2) is 36.5 Å². The molecule has 0 bridgehead atoms. The number of benzene rings is 1. The second-order valence-corrected chi connectivity index (χ2v) is 7.79. The van der Waals surface area contributed by atoms with Crippen LogP contribution in [0.1, 0.15) is 37.3 Å². The van der Waals surface area contributed by atoms with Crippen molar-refractivity contribution in [2.75, 3.05) is 20.6 Å². The molecule has 1 heterocycles. The van der Waals surface area contributed by atoms with Gasteiger partial charge in [0.05, 0.1) is 5.54 Å². The summed E-state index contributed by atoms with van der Waals surface area (Å²) in [5.74, 6) is 0.620. The summed E-state index contributed by atoms with van der Waals surface area (Å²) in [7, 11) is 4.19. The van der Waals surface area contributed by atoms with Crippen molar-refractivity contribution in [3.63, 3.8) is 0 Å². The lowest BCUT2D eigenvalue weighted by Crippen LogP contribution is -2.43. The Morgan fingerprint density at radius 3 is 2.73 bits per heavy atom. The van der Waals surface area contributed by atoms with Gasteiger partial charge in [-0.3, -0.25) is 0 Å². The lowest BCUT2D eigenvalue weighted by molar-refractivity contribution is -0.530. The molecule has 0 aromatic heterocycles. The number of allylic oxidation sites excluding steroid dienone is 2. The summed E-state index contributed by atoms with van der Waals surface area (Å²) >= 11 is 0. The van der Waals surface area contributed by atoms with Crippen LogP contribution in [0.5, 0.6) is 0 Å². The van der Waals surface area contributed by atoms with E-state index in [9.17, 15) is 0 Å². The Hall–Kier alpha value is -2.13. The van der Waals surface area contributed by atoms with Gasteiger partial charge in [-0.15, -0.1) is 0 Å². The monoisotopic (exact) mass is 348 g/mol. The van der Waals surface area contributed by atoms with E-state index in [-0.39, 0.29) is 5.54 Å². The zero-order chi connectivity index (χ0) is 18.1. The van der Waals surface area contributed by atoms with Crippen molar-refractivity contribution < 1.29 is 4.58 Å². The van der Waals surface area contributed by atoms with E-state index in [0.29, 0.717) is 5.92 Å². The number of fused-ring (bicyclic) bond motifs is 1. The summed E-state index contributed by atoms with van der Waals surface area (Å²) in [5, 5.41) is 7.25. The minimum absolute atomic E-state index is 0.129. The summed E-state index contributed by atoms with van der Waals surface area (Å²) in [5.41, 5.74) is 7.03. The maximum atomic E-state index is 3.95. The summed E-state index contributed by atoms with van der Waals surface area (Å²) in [6.45, 7) is 4.26. The first kappa shape index (κ1) is 17.3. The summed E-state index contributed by atoms with van der Waals surface area (Å²) in [6.07, 6.45) is 13.0. The lowest BCUT2D eigenvalue weighted by atomic mass is 9.85. The molecule has 136 valence electrons. The smallest absolute Gasteiger partial charge is 0.189 e. The quantitative estimate of drug-likeness (QED) is 0.738. The molecule has 1 aromatic rings. The average molecular weight is 349 g/mol. The van der Waals surface area contributed by atoms with Crippen molar-refractivity contribution in [2.45, 2.75) is 38.3 Å². The van der Waals surface area contributed by atoms with Crippen molar-refractivity contribution in [1.29, 1.82) is 0 Å². The molecule has 3 nitrogen and oxygen atoms in total. The Kier molecular flexibility index (Phi) is 4.58. The molecule has 3 heteroatoms. The molecular weight excluding hydrogens is 318 g/mol. The molecule has 0 amide bonds. The molecule has 1 aliphatic heterocycles. The maximum Gasteiger partial charge on any atom is 0.189 e. The van der Waals surface area contributed by atoms with Crippen molar-refractivity contribution in [1.82, 2.24) is 10.6 Å².